The van der Waals surface area contributed by atoms with Crippen LogP contribution in [0.2, 0.25) is 0 Å². The second-order valence-corrected chi connectivity index (χ2v) is 7.61. The van der Waals surface area contributed by atoms with Gasteiger partial charge in [-0.3, -0.25) is 4.98 Å². The highest BCUT2D eigenvalue weighted by atomic mass is 16.5. The van der Waals surface area contributed by atoms with E-state index in [9.17, 15) is 0 Å². The Balaban J connectivity index is 1.75. The van der Waals surface area contributed by atoms with E-state index >= 15 is 0 Å². The fourth-order valence-electron chi connectivity index (χ4n) is 4.37. The van der Waals surface area contributed by atoms with Crippen LogP contribution < -0.4 is 14.8 Å². The van der Waals surface area contributed by atoms with Gasteiger partial charge >= 0.3 is 0 Å². The van der Waals surface area contributed by atoms with Crippen LogP contribution in [-0.2, 0) is 6.42 Å². The third-order valence-electron chi connectivity index (χ3n) is 5.86. The van der Waals surface area contributed by atoms with Crippen molar-refractivity contribution in [3.05, 3.63) is 65.0 Å². The van der Waals surface area contributed by atoms with Crippen LogP contribution >= 0.6 is 0 Å². The highest BCUT2D eigenvalue weighted by molar-refractivity contribution is 5.50. The molecule has 0 saturated heterocycles. The lowest BCUT2D eigenvalue weighted by atomic mass is 9.78. The van der Waals surface area contributed by atoms with E-state index in [1.54, 1.807) is 14.2 Å². The molecule has 0 fully saturated rings. The van der Waals surface area contributed by atoms with E-state index in [2.05, 4.69) is 48.7 Å². The average molecular weight is 364 g/mol. The monoisotopic (exact) mass is 364 g/mol. The lowest BCUT2D eigenvalue weighted by Gasteiger charge is -2.38. The van der Waals surface area contributed by atoms with Gasteiger partial charge in [-0.15, -0.1) is 0 Å². The predicted octanol–water partition coefficient (Wildman–Crippen LogP) is 4.69. The van der Waals surface area contributed by atoms with Gasteiger partial charge in [0.15, 0.2) is 11.5 Å². The SMILES string of the molecule is COc1cc2c(cc1OC)[C@@H](C1CC=CCC1)N[C@@H](c1ccc(C)cn1)C2. The molecule has 1 aliphatic carbocycles. The van der Waals surface area contributed by atoms with Gasteiger partial charge < -0.3 is 14.8 Å². The fraction of sp³-hybridized carbons (Fsp3) is 0.435. The van der Waals surface area contributed by atoms with Crippen molar-refractivity contribution in [2.24, 2.45) is 5.92 Å². The van der Waals surface area contributed by atoms with Crippen molar-refractivity contribution in [1.82, 2.24) is 10.3 Å². The van der Waals surface area contributed by atoms with Crippen LogP contribution in [0.1, 0.15) is 53.7 Å². The van der Waals surface area contributed by atoms with Gasteiger partial charge in [0.2, 0.25) is 0 Å². The van der Waals surface area contributed by atoms with E-state index in [1.807, 2.05) is 6.20 Å². The molecule has 0 spiro atoms. The molecule has 2 heterocycles. The highest BCUT2D eigenvalue weighted by Crippen LogP contribution is 2.43. The van der Waals surface area contributed by atoms with Crippen LogP contribution in [0.3, 0.4) is 0 Å². The van der Waals surface area contributed by atoms with Gasteiger partial charge in [0.1, 0.15) is 0 Å². The summed E-state index contributed by atoms with van der Waals surface area (Å²) >= 11 is 0. The number of fused-ring (bicyclic) bond motifs is 1. The molecule has 4 heteroatoms. The Hall–Kier alpha value is -2.33. The molecule has 0 radical (unpaired) electrons. The summed E-state index contributed by atoms with van der Waals surface area (Å²) in [5, 5.41) is 3.91. The van der Waals surface area contributed by atoms with Crippen LogP contribution in [0.4, 0.5) is 0 Å². The first-order chi connectivity index (χ1) is 13.2. The van der Waals surface area contributed by atoms with Crippen LogP contribution in [0.5, 0.6) is 11.5 Å². The summed E-state index contributed by atoms with van der Waals surface area (Å²) in [6.07, 6.45) is 11.0. The Morgan fingerprint density at radius 3 is 2.56 bits per heavy atom. The molecule has 0 saturated carbocycles. The molecular formula is C23H28N2O2. The molecule has 2 aliphatic rings. The zero-order chi connectivity index (χ0) is 18.8. The van der Waals surface area contributed by atoms with Gasteiger partial charge in [-0.25, -0.2) is 0 Å². The molecule has 0 bridgehead atoms. The molecule has 142 valence electrons. The maximum Gasteiger partial charge on any atom is 0.161 e. The predicted molar refractivity (Wildman–Crippen MR) is 107 cm³/mol. The van der Waals surface area contributed by atoms with Crippen LogP contribution in [0.15, 0.2) is 42.6 Å². The topological polar surface area (TPSA) is 43.4 Å². The minimum atomic E-state index is 0.215. The molecule has 0 amide bonds. The molecule has 2 aromatic rings. The number of ether oxygens (including phenoxy) is 2. The molecule has 27 heavy (non-hydrogen) atoms. The van der Waals surface area contributed by atoms with E-state index < -0.39 is 0 Å². The van der Waals surface area contributed by atoms with Crippen molar-refractivity contribution in [1.29, 1.82) is 0 Å². The summed E-state index contributed by atoms with van der Waals surface area (Å²) in [7, 11) is 3.41. The van der Waals surface area contributed by atoms with Crippen molar-refractivity contribution >= 4 is 0 Å². The number of benzene rings is 1. The maximum atomic E-state index is 5.58. The van der Waals surface area contributed by atoms with Gasteiger partial charge in [0.05, 0.1) is 26.0 Å². The Kier molecular flexibility index (Phi) is 5.17. The van der Waals surface area contributed by atoms with Crippen molar-refractivity contribution in [3.8, 4) is 11.5 Å². The van der Waals surface area contributed by atoms with E-state index in [1.165, 1.54) is 23.1 Å². The number of aryl methyl sites for hydroxylation is 1. The van der Waals surface area contributed by atoms with E-state index in [4.69, 9.17) is 14.5 Å². The molecule has 1 unspecified atom stereocenters. The van der Waals surface area contributed by atoms with Crippen molar-refractivity contribution < 1.29 is 9.47 Å². The molecule has 1 N–H and O–H groups in total. The number of nitrogens with zero attached hydrogens (tertiary/aromatic N) is 1. The molecule has 3 atom stereocenters. The Bertz CT molecular complexity index is 829. The van der Waals surface area contributed by atoms with Crippen LogP contribution in [-0.4, -0.2) is 19.2 Å². The van der Waals surface area contributed by atoms with Crippen LogP contribution in [0.25, 0.3) is 0 Å². The van der Waals surface area contributed by atoms with Gasteiger partial charge in [-0.05, 0) is 73.4 Å². The number of hydrogen-bond acceptors (Lipinski definition) is 4. The summed E-state index contributed by atoms with van der Waals surface area (Å²) in [5.74, 6) is 2.19. The maximum absolute atomic E-state index is 5.58. The zero-order valence-electron chi connectivity index (χ0n) is 16.4. The van der Waals surface area contributed by atoms with E-state index in [-0.39, 0.29) is 6.04 Å². The third-order valence-corrected chi connectivity index (χ3v) is 5.86. The number of hydrogen-bond donors (Lipinski definition) is 1. The van der Waals surface area contributed by atoms with E-state index in [0.717, 1.165) is 36.5 Å². The molecule has 4 nitrogen and oxygen atoms in total. The third kappa shape index (κ3) is 3.59. The number of nitrogens with one attached hydrogen (secondary N) is 1. The summed E-state index contributed by atoms with van der Waals surface area (Å²) in [4.78, 5) is 4.70. The Morgan fingerprint density at radius 1 is 1.07 bits per heavy atom. The minimum Gasteiger partial charge on any atom is -0.493 e. The van der Waals surface area contributed by atoms with Crippen molar-refractivity contribution in [2.45, 2.75) is 44.7 Å². The van der Waals surface area contributed by atoms with Gasteiger partial charge in [-0.2, -0.15) is 0 Å². The lowest BCUT2D eigenvalue weighted by Crippen LogP contribution is -2.38. The largest absolute Gasteiger partial charge is 0.493 e. The fourth-order valence-corrected chi connectivity index (χ4v) is 4.37. The average Bonchev–Trinajstić information content (AvgIpc) is 2.73. The van der Waals surface area contributed by atoms with Gasteiger partial charge in [0, 0.05) is 12.2 Å². The number of methoxy groups -OCH3 is 2. The molecule has 1 aliphatic heterocycles. The first kappa shape index (κ1) is 18.1. The molecular weight excluding hydrogens is 336 g/mol. The molecule has 1 aromatic heterocycles. The summed E-state index contributed by atoms with van der Waals surface area (Å²) in [6, 6.07) is 9.13. The van der Waals surface area contributed by atoms with Gasteiger partial charge in [0.25, 0.3) is 0 Å². The minimum absolute atomic E-state index is 0.215. The summed E-state index contributed by atoms with van der Waals surface area (Å²) < 4.78 is 11.2. The highest BCUT2D eigenvalue weighted by Gasteiger charge is 2.34. The van der Waals surface area contributed by atoms with E-state index in [0.29, 0.717) is 12.0 Å². The quantitative estimate of drug-likeness (QED) is 0.799. The molecule has 4 rings (SSSR count). The second kappa shape index (κ2) is 7.73. The number of allylic oxidation sites excluding steroid dienone is 2. The zero-order valence-corrected chi connectivity index (χ0v) is 16.4. The number of aromatic nitrogens is 1. The van der Waals surface area contributed by atoms with Crippen molar-refractivity contribution in [2.75, 3.05) is 14.2 Å². The Morgan fingerprint density at radius 2 is 1.89 bits per heavy atom. The first-order valence-corrected chi connectivity index (χ1v) is 9.78. The lowest BCUT2D eigenvalue weighted by molar-refractivity contribution is 0.282. The summed E-state index contributed by atoms with van der Waals surface area (Å²) in [6.45, 7) is 2.08. The standard InChI is InChI=1S/C23H28N2O2/c1-15-9-10-19(24-14-15)20-11-17-12-21(26-2)22(27-3)13-18(17)23(25-20)16-7-5-4-6-8-16/h4-5,9-10,12-14,16,20,23,25H,6-8,11H2,1-3H3/t16?,20-,23-/m1/s1. The Labute approximate surface area is 161 Å². The van der Waals surface area contributed by atoms with Crippen molar-refractivity contribution in [3.63, 3.8) is 0 Å². The smallest absolute Gasteiger partial charge is 0.161 e. The normalized spacial score (nSPS) is 24.3. The first-order valence-electron chi connectivity index (χ1n) is 9.78. The number of pyridine rings is 1. The second-order valence-electron chi connectivity index (χ2n) is 7.61. The molecule has 1 aromatic carbocycles. The summed E-state index contributed by atoms with van der Waals surface area (Å²) in [5.41, 5.74) is 4.97. The van der Waals surface area contributed by atoms with Crippen LogP contribution in [0, 0.1) is 12.8 Å². The number of rotatable bonds is 4. The van der Waals surface area contributed by atoms with Gasteiger partial charge in [-0.1, -0.05) is 18.2 Å².